The quantitative estimate of drug-likeness (QED) is 0.118. The maximum absolute atomic E-state index is 11.7. The number of nitrogens with one attached hydrogen (secondary N) is 3. The highest BCUT2D eigenvalue weighted by atomic mass is 16.5. The van der Waals surface area contributed by atoms with Gasteiger partial charge in [0, 0.05) is 0 Å². The van der Waals surface area contributed by atoms with E-state index in [1.165, 1.54) is 0 Å². The molecule has 35 heavy (non-hydrogen) atoms. The van der Waals surface area contributed by atoms with Crippen LogP contribution >= 0.6 is 0 Å². The predicted molar refractivity (Wildman–Crippen MR) is 113 cm³/mol. The van der Waals surface area contributed by atoms with Crippen molar-refractivity contribution in [2.45, 2.75) is 0 Å². The third-order valence-corrected chi connectivity index (χ3v) is 4.94. The standard InChI is InChI=1S/C15H11N15O5/c16-5-2-8(25-14(31)29(5)34)23-10(19-2)11-20-4-7(22-11)18-1-28(33)12(4)27-13-21-3-6(17)30(35)15(32)26-9(3)24-13/h1,33-35H,16-17H2,(H,20,22)(H,19,23,25,31)(H,21,24,26,32)/b27-12-. The maximum Gasteiger partial charge on any atom is 0.384 e. The minimum atomic E-state index is -1.04. The molecule has 0 radical (unpaired) electrons. The number of rotatable bonds is 2. The van der Waals surface area contributed by atoms with E-state index in [4.69, 9.17) is 11.5 Å². The zero-order valence-electron chi connectivity index (χ0n) is 16.9. The minimum absolute atomic E-state index is 0.0390. The lowest BCUT2D eigenvalue weighted by Gasteiger charge is -1.98. The summed E-state index contributed by atoms with van der Waals surface area (Å²) < 4.78 is 0.889. The highest BCUT2D eigenvalue weighted by Crippen LogP contribution is 2.21. The van der Waals surface area contributed by atoms with Crippen molar-refractivity contribution in [3.05, 3.63) is 32.8 Å². The number of nitrogens with two attached hydrogens (primary N) is 2. The van der Waals surface area contributed by atoms with Crippen molar-refractivity contribution in [2.75, 3.05) is 11.5 Å². The largest absolute Gasteiger partial charge is 0.425 e. The molecular formula is C15H11N15O5. The molecule has 0 bridgehead atoms. The molecule has 0 saturated heterocycles. The first kappa shape index (κ1) is 19.7. The second kappa shape index (κ2) is 6.53. The summed E-state index contributed by atoms with van der Waals surface area (Å²) in [6, 6.07) is 0. The molecule has 0 aliphatic carbocycles. The summed E-state index contributed by atoms with van der Waals surface area (Å²) in [6.07, 6.45) is 1.02. The lowest BCUT2D eigenvalue weighted by atomic mass is 10.5. The van der Waals surface area contributed by atoms with Gasteiger partial charge in [-0.2, -0.15) is 24.7 Å². The Bertz CT molecular complexity index is 2020. The minimum Gasteiger partial charge on any atom is -0.425 e. The molecule has 176 valence electrons. The van der Waals surface area contributed by atoms with E-state index < -0.39 is 11.4 Å². The third-order valence-electron chi connectivity index (χ3n) is 4.94. The Morgan fingerprint density at radius 1 is 0.743 bits per heavy atom. The zero-order chi connectivity index (χ0) is 24.6. The van der Waals surface area contributed by atoms with Gasteiger partial charge in [-0.3, -0.25) is 0 Å². The fourth-order valence-corrected chi connectivity index (χ4v) is 3.31. The summed E-state index contributed by atoms with van der Waals surface area (Å²) in [7, 11) is 0. The zero-order valence-corrected chi connectivity index (χ0v) is 16.9. The van der Waals surface area contributed by atoms with Crippen molar-refractivity contribution < 1.29 is 15.6 Å². The fourth-order valence-electron chi connectivity index (χ4n) is 3.31. The molecule has 0 spiro atoms. The van der Waals surface area contributed by atoms with E-state index in [2.05, 4.69) is 49.8 Å². The Morgan fingerprint density at radius 2 is 1.29 bits per heavy atom. The molecule has 20 nitrogen and oxygen atoms in total. The van der Waals surface area contributed by atoms with Crippen LogP contribution in [0.15, 0.2) is 20.9 Å². The summed E-state index contributed by atoms with van der Waals surface area (Å²) in [4.78, 5) is 59.5. The number of hydrogen-bond donors (Lipinski definition) is 8. The van der Waals surface area contributed by atoms with E-state index in [-0.39, 0.29) is 77.7 Å². The Kier molecular flexibility index (Phi) is 3.68. The second-order valence-electron chi connectivity index (χ2n) is 7.03. The summed E-state index contributed by atoms with van der Waals surface area (Å²) in [5.74, 6) is -0.558. The number of aromatic nitrogens is 12. The molecule has 6 aromatic heterocycles. The van der Waals surface area contributed by atoms with Gasteiger partial charge >= 0.3 is 11.4 Å². The van der Waals surface area contributed by atoms with Crippen LogP contribution in [0.25, 0.3) is 45.1 Å². The monoisotopic (exact) mass is 481 g/mol. The van der Waals surface area contributed by atoms with Crippen LogP contribution in [0.1, 0.15) is 0 Å². The molecule has 0 amide bonds. The molecule has 0 aliphatic rings. The van der Waals surface area contributed by atoms with Crippen LogP contribution in [-0.4, -0.2) is 74.7 Å². The summed E-state index contributed by atoms with van der Waals surface area (Å²) in [6.45, 7) is 0. The number of nitrogens with zero attached hydrogens (tertiary/aromatic N) is 10. The van der Waals surface area contributed by atoms with Crippen molar-refractivity contribution in [2.24, 2.45) is 4.99 Å². The number of aromatic amines is 3. The molecule has 0 aliphatic heterocycles. The molecule has 10 N–H and O–H groups in total. The van der Waals surface area contributed by atoms with Crippen LogP contribution in [0, 0.1) is 0 Å². The summed E-state index contributed by atoms with van der Waals surface area (Å²) in [5, 5.41) is 29.6. The van der Waals surface area contributed by atoms with Crippen molar-refractivity contribution in [1.82, 2.24) is 59.0 Å². The second-order valence-corrected chi connectivity index (χ2v) is 7.03. The average Bonchev–Trinajstić information content (AvgIpc) is 3.54. The first-order chi connectivity index (χ1) is 16.7. The van der Waals surface area contributed by atoms with E-state index in [0.29, 0.717) is 4.73 Å². The van der Waals surface area contributed by atoms with Gasteiger partial charge in [-0.05, 0) is 0 Å². The van der Waals surface area contributed by atoms with Crippen molar-refractivity contribution in [3.8, 4) is 11.6 Å². The van der Waals surface area contributed by atoms with Gasteiger partial charge in [-0.25, -0.2) is 24.5 Å². The molecule has 0 fully saturated rings. The Balaban J connectivity index is 1.55. The van der Waals surface area contributed by atoms with Crippen LogP contribution in [0.3, 0.4) is 0 Å². The Morgan fingerprint density at radius 3 is 1.94 bits per heavy atom. The molecule has 0 aromatic carbocycles. The van der Waals surface area contributed by atoms with E-state index >= 15 is 0 Å². The number of hydrogen-bond acceptors (Lipinski definition) is 14. The summed E-state index contributed by atoms with van der Waals surface area (Å²) in [5.41, 5.74) is 9.45. The molecule has 0 atom stereocenters. The van der Waals surface area contributed by atoms with Crippen molar-refractivity contribution in [1.29, 1.82) is 0 Å². The van der Waals surface area contributed by atoms with E-state index in [9.17, 15) is 25.2 Å². The lowest BCUT2D eigenvalue weighted by molar-refractivity contribution is 0.170. The molecule has 20 heteroatoms. The molecule has 6 aromatic rings. The van der Waals surface area contributed by atoms with Crippen molar-refractivity contribution in [3.63, 3.8) is 0 Å². The first-order valence-corrected chi connectivity index (χ1v) is 9.38. The van der Waals surface area contributed by atoms with Gasteiger partial charge in [0.25, 0.3) is 0 Å². The third kappa shape index (κ3) is 2.76. The predicted octanol–water partition coefficient (Wildman–Crippen LogP) is -2.60. The van der Waals surface area contributed by atoms with Gasteiger partial charge < -0.3 is 42.0 Å². The highest BCUT2D eigenvalue weighted by molar-refractivity contribution is 5.85. The normalized spacial score (nSPS) is 12.4. The summed E-state index contributed by atoms with van der Waals surface area (Å²) >= 11 is 0. The first-order valence-electron chi connectivity index (χ1n) is 9.38. The molecule has 6 heterocycles. The van der Waals surface area contributed by atoms with Crippen LogP contribution in [0.4, 0.5) is 17.6 Å². The number of nitrogen functional groups attached to an aromatic ring is 2. The topological polar surface area (TPSA) is 299 Å². The van der Waals surface area contributed by atoms with Crippen LogP contribution < -0.4 is 28.3 Å². The maximum atomic E-state index is 11.7. The molecule has 0 saturated carbocycles. The number of anilines is 2. The highest BCUT2D eigenvalue weighted by Gasteiger charge is 2.18. The van der Waals surface area contributed by atoms with Gasteiger partial charge in [-0.15, -0.1) is 9.46 Å². The fraction of sp³-hybridized carbons (Fsp3) is 0. The molecule has 6 rings (SSSR count). The number of H-pyrrole nitrogens is 3. The van der Waals surface area contributed by atoms with Gasteiger partial charge in [0.05, 0.1) is 0 Å². The van der Waals surface area contributed by atoms with Crippen LogP contribution in [0.2, 0.25) is 0 Å². The van der Waals surface area contributed by atoms with Crippen molar-refractivity contribution >= 4 is 51.1 Å². The average molecular weight is 481 g/mol. The smallest absolute Gasteiger partial charge is 0.384 e. The lowest BCUT2D eigenvalue weighted by Crippen LogP contribution is -2.23. The Hall–Kier alpha value is -5.95. The van der Waals surface area contributed by atoms with Gasteiger partial charge in [0.2, 0.25) is 11.4 Å². The van der Waals surface area contributed by atoms with Gasteiger partial charge in [0.1, 0.15) is 22.9 Å². The number of imidazole rings is 3. The van der Waals surface area contributed by atoms with E-state index in [1.807, 2.05) is 0 Å². The number of fused-ring (bicyclic) bond motifs is 3. The Labute approximate surface area is 187 Å². The SMILES string of the molecule is Nc1c2[nH]c(/N=c3/c4[nH]c(-c5nc6nc(=O)n(O)c(N)c6[nH]5)nc4ncn3O)nc2nc(=O)n1O. The van der Waals surface area contributed by atoms with Crippen LogP contribution in [-0.2, 0) is 0 Å². The van der Waals surface area contributed by atoms with Gasteiger partial charge in [0.15, 0.2) is 40.2 Å². The van der Waals surface area contributed by atoms with Crippen LogP contribution in [0.5, 0.6) is 0 Å². The van der Waals surface area contributed by atoms with E-state index in [1.54, 1.807) is 0 Å². The van der Waals surface area contributed by atoms with E-state index in [0.717, 1.165) is 6.33 Å². The van der Waals surface area contributed by atoms with Gasteiger partial charge in [-0.1, -0.05) is 0 Å². The molecular weight excluding hydrogens is 470 g/mol. The molecule has 0 unspecified atom stereocenters.